The maximum absolute atomic E-state index is 3.64. The fraction of sp³-hybridized carbons (Fsp3) is 1.00. The quantitative estimate of drug-likeness (QED) is 0.752. The second-order valence-corrected chi connectivity index (χ2v) is 7.13. The van der Waals surface area contributed by atoms with Crippen molar-refractivity contribution >= 4 is 0 Å². The molecule has 3 aliphatic heterocycles. The summed E-state index contributed by atoms with van der Waals surface area (Å²) in [6, 6.07) is 1.79. The van der Waals surface area contributed by atoms with E-state index in [1.807, 2.05) is 0 Å². The van der Waals surface area contributed by atoms with E-state index in [1.54, 1.807) is 0 Å². The predicted octanol–water partition coefficient (Wildman–Crippen LogP) is 2.49. The van der Waals surface area contributed by atoms with Gasteiger partial charge in [0.25, 0.3) is 0 Å². The highest BCUT2D eigenvalue weighted by Crippen LogP contribution is 2.53. The average molecular weight is 236 g/mol. The maximum atomic E-state index is 3.64. The Morgan fingerprint density at radius 2 is 1.82 bits per heavy atom. The summed E-state index contributed by atoms with van der Waals surface area (Å²) in [4.78, 5) is 2.69. The Kier molecular flexibility index (Phi) is 2.99. The van der Waals surface area contributed by atoms with Crippen molar-refractivity contribution in [2.45, 2.75) is 58.0 Å². The van der Waals surface area contributed by atoms with E-state index in [2.05, 4.69) is 31.1 Å². The lowest BCUT2D eigenvalue weighted by atomic mass is 9.60. The second-order valence-electron chi connectivity index (χ2n) is 7.13. The van der Waals surface area contributed by atoms with Gasteiger partial charge in [-0.1, -0.05) is 13.8 Å². The highest BCUT2D eigenvalue weighted by Gasteiger charge is 2.51. The van der Waals surface area contributed by atoms with E-state index >= 15 is 0 Å². The van der Waals surface area contributed by atoms with E-state index < -0.39 is 0 Å². The molecule has 0 aromatic carbocycles. The van der Waals surface area contributed by atoms with Gasteiger partial charge in [0.1, 0.15) is 0 Å². The number of nitrogens with zero attached hydrogens (tertiary/aromatic N) is 1. The summed E-state index contributed by atoms with van der Waals surface area (Å²) in [7, 11) is 2.36. The Bertz CT molecular complexity index is 273. The molecule has 3 rings (SSSR count). The van der Waals surface area contributed by atoms with Crippen molar-refractivity contribution < 1.29 is 0 Å². The lowest BCUT2D eigenvalue weighted by Crippen LogP contribution is -2.55. The van der Waals surface area contributed by atoms with Gasteiger partial charge >= 0.3 is 0 Å². The summed E-state index contributed by atoms with van der Waals surface area (Å²) in [6.45, 7) is 7.38. The van der Waals surface area contributed by atoms with Crippen LogP contribution in [0.2, 0.25) is 0 Å². The molecule has 98 valence electrons. The largest absolute Gasteiger partial charge is 0.316 e. The Morgan fingerprint density at radius 3 is 2.41 bits per heavy atom. The van der Waals surface area contributed by atoms with Crippen LogP contribution in [0.5, 0.6) is 0 Å². The molecule has 2 nitrogen and oxygen atoms in total. The number of rotatable bonds is 1. The third-order valence-electron chi connectivity index (χ3n) is 6.02. The van der Waals surface area contributed by atoms with Crippen LogP contribution < -0.4 is 5.32 Å². The molecule has 0 aromatic heterocycles. The smallest absolute Gasteiger partial charge is 0.0101 e. The number of piperidine rings is 2. The van der Waals surface area contributed by atoms with Crippen LogP contribution in [0.15, 0.2) is 0 Å². The Labute approximate surface area is 106 Å². The Balaban J connectivity index is 1.84. The molecule has 0 amide bonds. The van der Waals surface area contributed by atoms with Gasteiger partial charge in [-0.15, -0.1) is 0 Å². The van der Waals surface area contributed by atoms with E-state index in [0.29, 0.717) is 5.41 Å². The number of nitrogens with one attached hydrogen (secondary N) is 1. The minimum Gasteiger partial charge on any atom is -0.316 e. The lowest BCUT2D eigenvalue weighted by molar-refractivity contribution is -0.0245. The van der Waals surface area contributed by atoms with Crippen molar-refractivity contribution in [1.82, 2.24) is 10.2 Å². The van der Waals surface area contributed by atoms with E-state index in [0.717, 1.165) is 23.9 Å². The molecule has 1 spiro atoms. The first kappa shape index (κ1) is 12.0. The first-order valence-corrected chi connectivity index (χ1v) is 7.55. The normalized spacial score (nSPS) is 46.9. The van der Waals surface area contributed by atoms with Gasteiger partial charge in [-0.05, 0) is 69.5 Å². The molecule has 0 saturated carbocycles. The van der Waals surface area contributed by atoms with Gasteiger partial charge in [-0.25, -0.2) is 0 Å². The fourth-order valence-electron chi connectivity index (χ4n) is 5.05. The number of hydrogen-bond donors (Lipinski definition) is 1. The highest BCUT2D eigenvalue weighted by molar-refractivity contribution is 5.05. The van der Waals surface area contributed by atoms with Gasteiger partial charge in [0.2, 0.25) is 0 Å². The zero-order valence-electron chi connectivity index (χ0n) is 11.7. The predicted molar refractivity (Wildman–Crippen MR) is 72.1 cm³/mol. The molecule has 0 aliphatic carbocycles. The third-order valence-corrected chi connectivity index (χ3v) is 6.02. The molecule has 3 heterocycles. The van der Waals surface area contributed by atoms with Crippen molar-refractivity contribution in [2.75, 3.05) is 20.1 Å². The van der Waals surface area contributed by atoms with Crippen LogP contribution >= 0.6 is 0 Å². The van der Waals surface area contributed by atoms with Crippen molar-refractivity contribution in [1.29, 1.82) is 0 Å². The molecule has 1 N–H and O–H groups in total. The van der Waals surface area contributed by atoms with Crippen LogP contribution in [0.25, 0.3) is 0 Å². The Morgan fingerprint density at radius 1 is 1.18 bits per heavy atom. The molecule has 3 aliphatic rings. The summed E-state index contributed by atoms with van der Waals surface area (Å²) in [6.07, 6.45) is 7.30. The zero-order chi connectivity index (χ0) is 12.0. The standard InChI is InChI=1S/C15H28N2/c1-11(2)14-10-16-7-6-15(14)8-12-4-5-13(9-15)17(12)3/h11-14,16H,4-10H2,1-3H3. The first-order chi connectivity index (χ1) is 8.12. The van der Waals surface area contributed by atoms with Gasteiger partial charge < -0.3 is 10.2 Å². The minimum absolute atomic E-state index is 0.678. The van der Waals surface area contributed by atoms with Crippen molar-refractivity contribution in [3.63, 3.8) is 0 Å². The summed E-state index contributed by atoms with van der Waals surface area (Å²) in [5, 5.41) is 3.64. The molecular formula is C15H28N2. The maximum Gasteiger partial charge on any atom is 0.0101 e. The van der Waals surface area contributed by atoms with Gasteiger partial charge in [0.05, 0.1) is 0 Å². The zero-order valence-corrected chi connectivity index (χ0v) is 11.7. The summed E-state index contributed by atoms with van der Waals surface area (Å²) in [5.74, 6) is 1.75. The number of hydrogen-bond acceptors (Lipinski definition) is 2. The summed E-state index contributed by atoms with van der Waals surface area (Å²) in [5.41, 5.74) is 0.678. The van der Waals surface area contributed by atoms with Crippen LogP contribution in [0.3, 0.4) is 0 Å². The third kappa shape index (κ3) is 1.84. The Hall–Kier alpha value is -0.0800. The van der Waals surface area contributed by atoms with E-state index in [1.165, 1.54) is 45.2 Å². The van der Waals surface area contributed by atoms with E-state index in [9.17, 15) is 0 Å². The van der Waals surface area contributed by atoms with Crippen LogP contribution in [-0.2, 0) is 0 Å². The van der Waals surface area contributed by atoms with E-state index in [-0.39, 0.29) is 0 Å². The molecule has 17 heavy (non-hydrogen) atoms. The van der Waals surface area contributed by atoms with Crippen molar-refractivity contribution in [3.8, 4) is 0 Å². The minimum atomic E-state index is 0.678. The van der Waals surface area contributed by atoms with E-state index in [4.69, 9.17) is 0 Å². The van der Waals surface area contributed by atoms with Crippen molar-refractivity contribution in [2.24, 2.45) is 17.3 Å². The summed E-state index contributed by atoms with van der Waals surface area (Å²) < 4.78 is 0. The van der Waals surface area contributed by atoms with Gasteiger partial charge in [-0.3, -0.25) is 0 Å². The molecular weight excluding hydrogens is 208 g/mol. The average Bonchev–Trinajstić information content (AvgIpc) is 2.52. The molecule has 3 atom stereocenters. The number of fused-ring (bicyclic) bond motifs is 2. The topological polar surface area (TPSA) is 15.3 Å². The fourth-order valence-corrected chi connectivity index (χ4v) is 5.05. The summed E-state index contributed by atoms with van der Waals surface area (Å²) >= 11 is 0. The molecule has 0 radical (unpaired) electrons. The van der Waals surface area contributed by atoms with Crippen LogP contribution in [0.1, 0.15) is 46.0 Å². The molecule has 3 saturated heterocycles. The van der Waals surface area contributed by atoms with Gasteiger partial charge in [0, 0.05) is 12.1 Å². The van der Waals surface area contributed by atoms with Crippen LogP contribution in [0, 0.1) is 17.3 Å². The second kappa shape index (κ2) is 4.24. The van der Waals surface area contributed by atoms with Crippen molar-refractivity contribution in [3.05, 3.63) is 0 Å². The molecule has 0 aromatic rings. The van der Waals surface area contributed by atoms with Crippen LogP contribution in [0.4, 0.5) is 0 Å². The van der Waals surface area contributed by atoms with Gasteiger partial charge in [0.15, 0.2) is 0 Å². The SMILES string of the molecule is CC(C)C1CNCCC12CC1CCC(C2)N1C. The molecule has 2 bridgehead atoms. The highest BCUT2D eigenvalue weighted by atomic mass is 15.2. The molecule has 3 fully saturated rings. The lowest BCUT2D eigenvalue weighted by Gasteiger charge is -2.53. The molecule has 3 unspecified atom stereocenters. The molecule has 2 heteroatoms. The first-order valence-electron chi connectivity index (χ1n) is 7.55. The monoisotopic (exact) mass is 236 g/mol. The van der Waals surface area contributed by atoms with Gasteiger partial charge in [-0.2, -0.15) is 0 Å². The van der Waals surface area contributed by atoms with Crippen LogP contribution in [-0.4, -0.2) is 37.1 Å².